The zero-order chi connectivity index (χ0) is 82.2. The van der Waals surface area contributed by atoms with Crippen molar-refractivity contribution in [2.45, 2.75) is 390 Å². The van der Waals surface area contributed by atoms with Crippen molar-refractivity contribution in [1.82, 2.24) is 0 Å². The molecule has 39 heteroatoms. The summed E-state index contributed by atoms with van der Waals surface area (Å²) in [5, 5.41) is 217. The zero-order valence-electron chi connectivity index (χ0n) is 64.2. The van der Waals surface area contributed by atoms with Crippen molar-refractivity contribution >= 4 is 19.8 Å². The minimum absolute atomic E-state index is 0.0286. The molecule has 0 spiro atoms. The molecule has 656 valence electrons. The molecule has 5 saturated heterocycles. The van der Waals surface area contributed by atoms with E-state index in [0.29, 0.717) is 25.7 Å². The first-order valence-electron chi connectivity index (χ1n) is 40.1. The Hall–Kier alpha value is -2.41. The molecule has 0 bridgehead atoms. The van der Waals surface area contributed by atoms with E-state index in [1.807, 2.05) is 0 Å². The molecule has 6 rings (SSSR count). The van der Waals surface area contributed by atoms with Gasteiger partial charge in [0.15, 0.2) is 37.6 Å². The molecule has 0 amide bonds. The van der Waals surface area contributed by atoms with Crippen LogP contribution in [-0.4, -0.2) is 361 Å². The Morgan fingerprint density at radius 2 is 0.643 bits per heavy atom. The van der Waals surface area contributed by atoms with Gasteiger partial charge in [0.25, 0.3) is 0 Å². The number of phosphoric acid groups is 1. The van der Waals surface area contributed by atoms with Crippen molar-refractivity contribution in [3.8, 4) is 0 Å². The standard InChI is InChI=1S/C73H131O38P/c1-3-5-7-9-11-13-15-17-18-20-21-23-25-27-29-31-46(76)98-35-40(103-47(77)32-30-28-26-24-22-19-16-14-12-10-8-6-4-2)36-102-112(96,97)111-68-66(109-72-64(94)54(84)49(79)42(34-75)105-72)59(89)58(88)60(90)67(68)110-73-65(95)57(87)52(82)45(108-73)39-101-71-63(93)56(86)51(81)44(107-71)38-100-70-62(92)55(85)50(80)43(106-70)37-99-69-61(91)53(83)48(78)41(33-74)104-69/h17-18,40-45,48-75,78-95H,3-16,19-39H2,1-2H3,(H,96,97)/b18-17-/t40-,41?,42?,43?,44?,45?,48+,49-,50+,51+,52+,53?,54?,55?,56?,57?,58+,59?,60?,61+,62+,63+,64-,65+,66-,67?,68+,69-,70-,71-,72-,73+/m1/s1. The van der Waals surface area contributed by atoms with Gasteiger partial charge >= 0.3 is 19.8 Å². The van der Waals surface area contributed by atoms with Crippen LogP contribution in [-0.2, 0) is 80.0 Å². The number of esters is 2. The molecule has 38 nitrogen and oxygen atoms in total. The molecule has 5 heterocycles. The largest absolute Gasteiger partial charge is 0.472 e. The maximum Gasteiger partial charge on any atom is 0.472 e. The minimum atomic E-state index is -5.86. The molecule has 0 aromatic carbocycles. The highest BCUT2D eigenvalue weighted by Crippen LogP contribution is 2.49. The fourth-order valence-corrected chi connectivity index (χ4v) is 15.0. The van der Waals surface area contributed by atoms with Crippen molar-refractivity contribution in [1.29, 1.82) is 0 Å². The van der Waals surface area contributed by atoms with Gasteiger partial charge in [-0.25, -0.2) is 4.57 Å². The predicted molar refractivity (Wildman–Crippen MR) is 384 cm³/mol. The first-order chi connectivity index (χ1) is 53.5. The first-order valence-corrected chi connectivity index (χ1v) is 41.6. The summed E-state index contributed by atoms with van der Waals surface area (Å²) in [6.07, 6.45) is -35.5. The van der Waals surface area contributed by atoms with Gasteiger partial charge in [-0.15, -0.1) is 0 Å². The second kappa shape index (κ2) is 51.3. The zero-order valence-corrected chi connectivity index (χ0v) is 65.1. The fraction of sp³-hybridized carbons (Fsp3) is 0.945. The van der Waals surface area contributed by atoms with Crippen LogP contribution < -0.4 is 0 Å². The second-order valence-electron chi connectivity index (χ2n) is 30.1. The van der Waals surface area contributed by atoms with E-state index >= 15 is 0 Å². The van der Waals surface area contributed by atoms with E-state index in [2.05, 4.69) is 26.0 Å². The van der Waals surface area contributed by atoms with Crippen LogP contribution in [0.25, 0.3) is 0 Å². The van der Waals surface area contributed by atoms with Crippen LogP contribution in [0.1, 0.15) is 194 Å². The number of carbonyl (C=O) groups excluding carboxylic acids is 2. The van der Waals surface area contributed by atoms with E-state index in [4.69, 9.17) is 65.9 Å². The number of hydrogen-bond donors (Lipinski definition) is 21. The van der Waals surface area contributed by atoms with Gasteiger partial charge in [0, 0.05) is 12.8 Å². The van der Waals surface area contributed by atoms with Gasteiger partial charge in [0.2, 0.25) is 0 Å². The van der Waals surface area contributed by atoms with Crippen LogP contribution in [0.15, 0.2) is 12.2 Å². The lowest BCUT2D eigenvalue weighted by atomic mass is 9.84. The Morgan fingerprint density at radius 3 is 1.01 bits per heavy atom. The highest BCUT2D eigenvalue weighted by Gasteiger charge is 2.59. The van der Waals surface area contributed by atoms with Crippen molar-refractivity contribution in [3.63, 3.8) is 0 Å². The number of phosphoric ester groups is 1. The number of allylic oxidation sites excluding steroid dienone is 2. The van der Waals surface area contributed by atoms with Gasteiger partial charge in [-0.3, -0.25) is 18.6 Å². The number of ether oxygens (including phenoxy) is 12. The lowest BCUT2D eigenvalue weighted by Gasteiger charge is -2.49. The summed E-state index contributed by atoms with van der Waals surface area (Å²) in [5.74, 6) is -1.48. The van der Waals surface area contributed by atoms with Crippen LogP contribution in [0.3, 0.4) is 0 Å². The highest BCUT2D eigenvalue weighted by atomic mass is 31.2. The van der Waals surface area contributed by atoms with Gasteiger partial charge in [-0.1, -0.05) is 154 Å². The topological polar surface area (TPSA) is 605 Å². The SMILES string of the molecule is CCCCCCCC/C=C\CCCCCCCC(=O)OC[C@H](COP(=O)(O)O[C@@H]1C(O[C@@H]2OC(CO[C@@H]3OC(CO[C@@H]4OC(CO[C@@H]5OC(CO)[C@H](O)C(O)[C@@H]5O)[C@H](O)C(O)[C@@H]4O)[C@H](O)C(O)[C@@H]3O)[C@H](O)C(O)[C@@H]2O)C(O)[C@@H](O)C(O)[C@H]1O[C@H]1OC(CO)[C@@H](O)C(O)[C@H]1O)OC(=O)CCCCCCCCCCCCCCC. The van der Waals surface area contributed by atoms with Crippen LogP contribution in [0.4, 0.5) is 0 Å². The summed E-state index contributed by atoms with van der Waals surface area (Å²) >= 11 is 0. The lowest BCUT2D eigenvalue weighted by Crippen LogP contribution is -2.69. The fourth-order valence-electron chi connectivity index (χ4n) is 14.0. The number of unbranched alkanes of at least 4 members (excludes halogenated alkanes) is 23. The molecule has 33 atom stereocenters. The third-order valence-corrected chi connectivity index (χ3v) is 22.1. The average molecular weight is 1650 g/mol. The molecular weight excluding hydrogens is 1520 g/mol. The second-order valence-corrected chi connectivity index (χ2v) is 31.5. The van der Waals surface area contributed by atoms with Crippen LogP contribution in [0.5, 0.6) is 0 Å². The normalized spacial score (nSPS) is 38.2. The third-order valence-electron chi connectivity index (χ3n) is 21.1. The maximum absolute atomic E-state index is 14.5. The number of hydrogen-bond acceptors (Lipinski definition) is 37. The third kappa shape index (κ3) is 30.4. The molecule has 6 aliphatic rings. The van der Waals surface area contributed by atoms with E-state index in [1.165, 1.54) is 77.0 Å². The quantitative estimate of drug-likeness (QED) is 0.0129. The Bertz CT molecular complexity index is 2640. The van der Waals surface area contributed by atoms with E-state index in [1.54, 1.807) is 0 Å². The van der Waals surface area contributed by atoms with Gasteiger partial charge in [-0.05, 0) is 38.5 Å². The van der Waals surface area contributed by atoms with E-state index < -0.39 is 262 Å². The van der Waals surface area contributed by atoms with E-state index in [9.17, 15) is 121 Å². The summed E-state index contributed by atoms with van der Waals surface area (Å²) in [4.78, 5) is 38.3. The summed E-state index contributed by atoms with van der Waals surface area (Å²) in [5.41, 5.74) is 0. The molecule has 1 saturated carbocycles. The summed E-state index contributed by atoms with van der Waals surface area (Å²) in [6.45, 7) is -1.92. The Kier molecular flexibility index (Phi) is 45.0. The van der Waals surface area contributed by atoms with Crippen molar-refractivity contribution in [3.05, 3.63) is 12.2 Å². The average Bonchev–Trinajstić information content (AvgIpc) is 0.759. The molecule has 112 heavy (non-hydrogen) atoms. The summed E-state index contributed by atoms with van der Waals surface area (Å²) in [7, 11) is -5.86. The Labute approximate surface area is 652 Å². The molecule has 14 unspecified atom stereocenters. The maximum atomic E-state index is 14.5. The number of carbonyl (C=O) groups is 2. The molecule has 0 aromatic heterocycles. The number of aliphatic hydroxyl groups is 20. The van der Waals surface area contributed by atoms with Gasteiger partial charge < -0.3 is 164 Å². The molecular formula is C73H131O38P. The van der Waals surface area contributed by atoms with Crippen LogP contribution in [0, 0.1) is 0 Å². The predicted octanol–water partition coefficient (Wildman–Crippen LogP) is -2.60. The van der Waals surface area contributed by atoms with Gasteiger partial charge in [-0.2, -0.15) is 0 Å². The van der Waals surface area contributed by atoms with Crippen molar-refractivity contribution in [2.24, 2.45) is 0 Å². The molecule has 6 fully saturated rings. The molecule has 21 N–H and O–H groups in total. The Morgan fingerprint density at radius 1 is 0.348 bits per heavy atom. The molecule has 1 aliphatic carbocycles. The molecule has 0 aromatic rings. The van der Waals surface area contributed by atoms with Crippen molar-refractivity contribution < 1.29 is 187 Å². The van der Waals surface area contributed by atoms with Crippen molar-refractivity contribution in [2.75, 3.05) is 46.2 Å². The summed E-state index contributed by atoms with van der Waals surface area (Å²) < 4.78 is 92.9. The van der Waals surface area contributed by atoms with Crippen LogP contribution >= 0.6 is 7.82 Å². The Balaban J connectivity index is 1.13. The van der Waals surface area contributed by atoms with E-state index in [-0.39, 0.29) is 12.8 Å². The monoisotopic (exact) mass is 1650 g/mol. The smallest absolute Gasteiger partial charge is 0.462 e. The van der Waals surface area contributed by atoms with Crippen LogP contribution in [0.2, 0.25) is 0 Å². The van der Waals surface area contributed by atoms with Gasteiger partial charge in [0.05, 0.1) is 39.6 Å². The minimum Gasteiger partial charge on any atom is -0.462 e. The first kappa shape index (κ1) is 98.4. The highest BCUT2D eigenvalue weighted by molar-refractivity contribution is 7.47. The number of rotatable bonds is 52. The van der Waals surface area contributed by atoms with E-state index in [0.717, 1.165) is 64.2 Å². The molecule has 0 radical (unpaired) electrons. The van der Waals surface area contributed by atoms with Gasteiger partial charge in [0.1, 0.15) is 165 Å². The summed E-state index contributed by atoms with van der Waals surface area (Å²) in [6, 6.07) is 0. The molecule has 5 aliphatic heterocycles. The lowest BCUT2D eigenvalue weighted by molar-refractivity contribution is -0.365. The number of aliphatic hydroxyl groups excluding tert-OH is 20.